The molecule has 0 spiro atoms. The first-order chi connectivity index (χ1) is 17.5. The number of ether oxygens (including phenoxy) is 1. The highest BCUT2D eigenvalue weighted by molar-refractivity contribution is 7.91. The second kappa shape index (κ2) is 8.48. The Labute approximate surface area is 217 Å². The first-order valence-electron chi connectivity index (χ1n) is 12.0. The topological polar surface area (TPSA) is 117 Å². The molecule has 4 aromatic rings. The van der Waals surface area contributed by atoms with E-state index in [1.165, 1.54) is 10.6 Å². The maximum absolute atomic E-state index is 13.8. The Morgan fingerprint density at radius 2 is 1.95 bits per heavy atom. The van der Waals surface area contributed by atoms with Gasteiger partial charge in [0.2, 0.25) is 0 Å². The highest BCUT2D eigenvalue weighted by atomic mass is 32.2. The summed E-state index contributed by atoms with van der Waals surface area (Å²) in [6, 6.07) is 5.37. The van der Waals surface area contributed by atoms with E-state index >= 15 is 0 Å². The summed E-state index contributed by atoms with van der Waals surface area (Å²) in [5.41, 5.74) is 3.42. The molecule has 0 bridgehead atoms. The number of sulfonamides is 1. The molecule has 4 heterocycles. The van der Waals surface area contributed by atoms with E-state index in [-0.39, 0.29) is 22.7 Å². The molecular formula is C25H27N5O5S2. The summed E-state index contributed by atoms with van der Waals surface area (Å²) in [6.45, 7) is 5.18. The van der Waals surface area contributed by atoms with Gasteiger partial charge in [0.1, 0.15) is 9.04 Å². The second-order valence-electron chi connectivity index (χ2n) is 10.2. The monoisotopic (exact) mass is 541 g/mol. The van der Waals surface area contributed by atoms with E-state index in [0.717, 1.165) is 51.0 Å². The van der Waals surface area contributed by atoms with Crippen LogP contribution in [0.3, 0.4) is 0 Å². The average molecular weight is 542 g/mol. The second-order valence-corrected chi connectivity index (χ2v) is 13.2. The van der Waals surface area contributed by atoms with Crippen molar-refractivity contribution in [3.63, 3.8) is 0 Å². The number of aryl methyl sites for hydroxylation is 1. The molecule has 37 heavy (non-hydrogen) atoms. The Bertz CT molecular complexity index is 1790. The fraction of sp³-hybridized carbons (Fsp3) is 0.400. The van der Waals surface area contributed by atoms with Crippen molar-refractivity contribution < 1.29 is 13.2 Å². The number of benzene rings is 1. The average Bonchev–Trinajstić information content (AvgIpc) is 3.27. The van der Waals surface area contributed by atoms with E-state index in [9.17, 15) is 18.0 Å². The Morgan fingerprint density at radius 1 is 1.16 bits per heavy atom. The van der Waals surface area contributed by atoms with Crippen LogP contribution in [0.5, 0.6) is 0 Å². The zero-order valence-electron chi connectivity index (χ0n) is 20.8. The van der Waals surface area contributed by atoms with Gasteiger partial charge in [0, 0.05) is 24.3 Å². The molecule has 1 N–H and O–H groups in total. The smallest absolute Gasteiger partial charge is 0.332 e. The minimum absolute atomic E-state index is 0.0269. The summed E-state index contributed by atoms with van der Waals surface area (Å²) in [5.74, 6) is 0. The molecule has 194 valence electrons. The summed E-state index contributed by atoms with van der Waals surface area (Å²) >= 11 is 0.955. The highest BCUT2D eigenvalue weighted by Crippen LogP contribution is 2.37. The zero-order chi connectivity index (χ0) is 26.1. The minimum atomic E-state index is -3.85. The van der Waals surface area contributed by atoms with Gasteiger partial charge in [-0.2, -0.15) is 5.10 Å². The van der Waals surface area contributed by atoms with Crippen LogP contribution in [0, 0.1) is 6.92 Å². The number of fused-ring (bicyclic) bond motifs is 2. The first-order valence-corrected chi connectivity index (χ1v) is 14.3. The Morgan fingerprint density at radius 3 is 2.65 bits per heavy atom. The van der Waals surface area contributed by atoms with Crippen molar-refractivity contribution in [1.29, 1.82) is 0 Å². The van der Waals surface area contributed by atoms with Crippen molar-refractivity contribution in [3.8, 4) is 0 Å². The number of nitrogens with zero attached hydrogens (tertiary/aromatic N) is 4. The first kappa shape index (κ1) is 24.3. The van der Waals surface area contributed by atoms with Gasteiger partial charge in [-0.3, -0.25) is 18.6 Å². The standard InChI is InChI=1S/C25H27N5O5S2/c1-15-17(4-5-18-13-35-14-20(15)18)12-30-23-19(8-21(36-23)37(33,34)27-25(2)6-7-25)22(31)29(24(30)32)11-16-9-26-28(3)10-16/h4-5,8-10,27H,6-7,11-14H2,1-3H3. The molecule has 2 aliphatic rings. The van der Waals surface area contributed by atoms with E-state index in [2.05, 4.69) is 9.82 Å². The van der Waals surface area contributed by atoms with Gasteiger partial charge >= 0.3 is 5.69 Å². The third-order valence-corrected chi connectivity index (χ3v) is 10.5. The van der Waals surface area contributed by atoms with Gasteiger partial charge in [0.15, 0.2) is 0 Å². The largest absolute Gasteiger partial charge is 0.372 e. The lowest BCUT2D eigenvalue weighted by atomic mass is 9.99. The summed E-state index contributed by atoms with van der Waals surface area (Å²) in [6.07, 6.45) is 4.88. The van der Waals surface area contributed by atoms with Crippen LogP contribution in [0.25, 0.3) is 10.2 Å². The molecule has 6 rings (SSSR count). The van der Waals surface area contributed by atoms with Gasteiger partial charge in [-0.1, -0.05) is 12.1 Å². The Kier molecular flexibility index (Phi) is 5.57. The van der Waals surface area contributed by atoms with Crippen molar-refractivity contribution in [2.24, 2.45) is 7.05 Å². The molecule has 0 amide bonds. The molecule has 0 unspecified atom stereocenters. The highest BCUT2D eigenvalue weighted by Gasteiger charge is 2.42. The summed E-state index contributed by atoms with van der Waals surface area (Å²) in [5, 5.41) is 4.35. The van der Waals surface area contributed by atoms with Crippen LogP contribution in [0.1, 0.15) is 47.6 Å². The van der Waals surface area contributed by atoms with Gasteiger partial charge in [0.25, 0.3) is 15.6 Å². The van der Waals surface area contributed by atoms with Crippen molar-refractivity contribution in [3.05, 3.63) is 79.2 Å². The molecular weight excluding hydrogens is 514 g/mol. The van der Waals surface area contributed by atoms with E-state index < -0.39 is 26.8 Å². The molecule has 10 nitrogen and oxygen atoms in total. The molecule has 0 radical (unpaired) electrons. The lowest BCUT2D eigenvalue weighted by molar-refractivity contribution is 0.134. The van der Waals surface area contributed by atoms with Crippen LogP contribution in [0.4, 0.5) is 0 Å². The third-order valence-electron chi connectivity index (χ3n) is 7.26. The number of hydrogen-bond acceptors (Lipinski definition) is 7. The molecule has 0 atom stereocenters. The molecule has 3 aromatic heterocycles. The summed E-state index contributed by atoms with van der Waals surface area (Å²) < 4.78 is 39.0. The normalized spacial score (nSPS) is 16.4. The van der Waals surface area contributed by atoms with Gasteiger partial charge < -0.3 is 4.74 Å². The van der Waals surface area contributed by atoms with Crippen LogP contribution in [0.2, 0.25) is 0 Å². The molecule has 12 heteroatoms. The van der Waals surface area contributed by atoms with Crippen molar-refractivity contribution >= 4 is 31.6 Å². The van der Waals surface area contributed by atoms with Crippen LogP contribution in [0.15, 0.2) is 44.4 Å². The predicted molar refractivity (Wildman–Crippen MR) is 139 cm³/mol. The summed E-state index contributed by atoms with van der Waals surface area (Å²) in [4.78, 5) is 27.6. The van der Waals surface area contributed by atoms with Crippen molar-refractivity contribution in [1.82, 2.24) is 23.6 Å². The summed E-state index contributed by atoms with van der Waals surface area (Å²) in [7, 11) is -2.08. The van der Waals surface area contributed by atoms with E-state index in [1.54, 1.807) is 24.1 Å². The molecule has 1 aliphatic heterocycles. The molecule has 0 saturated heterocycles. The lowest BCUT2D eigenvalue weighted by Crippen LogP contribution is -2.40. The Balaban J connectivity index is 1.53. The number of aromatic nitrogens is 4. The number of rotatable bonds is 7. The minimum Gasteiger partial charge on any atom is -0.372 e. The van der Waals surface area contributed by atoms with Crippen molar-refractivity contribution in [2.75, 3.05) is 0 Å². The maximum atomic E-state index is 13.8. The van der Waals surface area contributed by atoms with Crippen LogP contribution < -0.4 is 16.0 Å². The van der Waals surface area contributed by atoms with Gasteiger partial charge in [-0.25, -0.2) is 17.9 Å². The number of thiophene rings is 1. The van der Waals surface area contributed by atoms with Gasteiger partial charge in [-0.15, -0.1) is 11.3 Å². The zero-order valence-corrected chi connectivity index (χ0v) is 22.4. The predicted octanol–water partition coefficient (Wildman–Crippen LogP) is 2.22. The van der Waals surface area contributed by atoms with E-state index in [4.69, 9.17) is 4.74 Å². The third kappa shape index (κ3) is 4.27. The molecule has 1 aromatic carbocycles. The van der Waals surface area contributed by atoms with Crippen molar-refractivity contribution in [2.45, 2.75) is 62.7 Å². The quantitative estimate of drug-likeness (QED) is 0.384. The fourth-order valence-corrected chi connectivity index (χ4v) is 7.70. The SMILES string of the molecule is Cc1c(Cn2c(=O)n(Cc3cnn(C)c3)c(=O)c3cc(S(=O)(=O)NC4(C)CC4)sc32)ccc2c1COC2. The van der Waals surface area contributed by atoms with Gasteiger partial charge in [0.05, 0.1) is 37.9 Å². The van der Waals surface area contributed by atoms with E-state index in [1.807, 2.05) is 26.0 Å². The van der Waals surface area contributed by atoms with Crippen LogP contribution in [-0.2, 0) is 48.1 Å². The van der Waals surface area contributed by atoms with Crippen LogP contribution >= 0.6 is 11.3 Å². The van der Waals surface area contributed by atoms with E-state index in [0.29, 0.717) is 23.6 Å². The number of hydrogen-bond donors (Lipinski definition) is 1. The molecule has 1 aliphatic carbocycles. The maximum Gasteiger partial charge on any atom is 0.332 e. The lowest BCUT2D eigenvalue weighted by Gasteiger charge is -2.14. The molecule has 1 saturated carbocycles. The number of nitrogens with one attached hydrogen (secondary N) is 1. The van der Waals surface area contributed by atoms with Gasteiger partial charge in [-0.05, 0) is 55.0 Å². The fourth-order valence-electron chi connectivity index (χ4n) is 4.79. The Hall–Kier alpha value is -3.06. The van der Waals surface area contributed by atoms with Crippen LogP contribution in [-0.4, -0.2) is 32.9 Å². The molecule has 1 fully saturated rings.